The molecule has 0 bridgehead atoms. The van der Waals surface area contributed by atoms with Gasteiger partial charge in [-0.05, 0) is 55.0 Å². The topological polar surface area (TPSA) is 40.5 Å². The molecule has 1 aliphatic heterocycles. The average molecular weight is 333 g/mol. The van der Waals surface area contributed by atoms with Crippen LogP contribution in [0.25, 0.3) is 11.1 Å². The number of likely N-dealkylation sites (tertiary alicyclic amines) is 1. The number of thiophene rings is 1. The zero-order valence-corrected chi connectivity index (χ0v) is 13.9. The summed E-state index contributed by atoms with van der Waals surface area (Å²) in [6.07, 6.45) is 1.91. The SMILES string of the molecule is Cc1sc(C(=O)N2CCCC(CO)C2)cc1-c1ccc(F)cc1. The lowest BCUT2D eigenvalue weighted by Crippen LogP contribution is -2.40. The van der Waals surface area contributed by atoms with Gasteiger partial charge >= 0.3 is 0 Å². The van der Waals surface area contributed by atoms with Gasteiger partial charge in [0.25, 0.3) is 5.91 Å². The number of aryl methyl sites for hydroxylation is 1. The predicted octanol–water partition coefficient (Wildman–Crippen LogP) is 3.71. The van der Waals surface area contributed by atoms with Crippen molar-refractivity contribution in [3.05, 3.63) is 45.9 Å². The zero-order chi connectivity index (χ0) is 16.4. The van der Waals surface area contributed by atoms with Crippen LogP contribution in [0.1, 0.15) is 27.4 Å². The van der Waals surface area contributed by atoms with E-state index in [1.54, 1.807) is 12.1 Å². The van der Waals surface area contributed by atoms with Crippen LogP contribution in [-0.4, -0.2) is 35.6 Å². The van der Waals surface area contributed by atoms with Crippen LogP contribution in [0.5, 0.6) is 0 Å². The summed E-state index contributed by atoms with van der Waals surface area (Å²) < 4.78 is 13.1. The quantitative estimate of drug-likeness (QED) is 0.930. The maximum Gasteiger partial charge on any atom is 0.263 e. The number of aliphatic hydroxyl groups excluding tert-OH is 1. The molecule has 0 spiro atoms. The molecule has 1 fully saturated rings. The molecule has 1 atom stereocenters. The van der Waals surface area contributed by atoms with E-state index in [1.165, 1.54) is 23.5 Å². The summed E-state index contributed by atoms with van der Waals surface area (Å²) in [7, 11) is 0. The highest BCUT2D eigenvalue weighted by atomic mass is 32.1. The standard InChI is InChI=1S/C18H20FNO2S/c1-12-16(14-4-6-15(19)7-5-14)9-17(23-12)18(22)20-8-2-3-13(10-20)11-21/h4-7,9,13,21H,2-3,8,10-11H2,1H3. The van der Waals surface area contributed by atoms with Crippen LogP contribution in [-0.2, 0) is 0 Å². The number of hydrogen-bond donors (Lipinski definition) is 1. The fourth-order valence-corrected chi connectivity index (χ4v) is 4.07. The molecule has 1 amide bonds. The van der Waals surface area contributed by atoms with Crippen LogP contribution in [0.4, 0.5) is 4.39 Å². The molecule has 1 aromatic carbocycles. The summed E-state index contributed by atoms with van der Waals surface area (Å²) in [5, 5.41) is 9.31. The van der Waals surface area contributed by atoms with Gasteiger partial charge < -0.3 is 10.0 Å². The summed E-state index contributed by atoms with van der Waals surface area (Å²) in [6.45, 7) is 3.48. The van der Waals surface area contributed by atoms with Crippen LogP contribution in [0.15, 0.2) is 30.3 Å². The molecule has 1 N–H and O–H groups in total. The van der Waals surface area contributed by atoms with E-state index in [0.29, 0.717) is 11.4 Å². The van der Waals surface area contributed by atoms with Gasteiger partial charge in [0.2, 0.25) is 0 Å². The van der Waals surface area contributed by atoms with Gasteiger partial charge in [0, 0.05) is 24.6 Å². The fraction of sp³-hybridized carbons (Fsp3) is 0.389. The first-order chi connectivity index (χ1) is 11.1. The first-order valence-electron chi connectivity index (χ1n) is 7.85. The van der Waals surface area contributed by atoms with Gasteiger partial charge in [0.15, 0.2) is 0 Å². The molecule has 0 radical (unpaired) electrons. The van der Waals surface area contributed by atoms with Crippen molar-refractivity contribution >= 4 is 17.2 Å². The number of piperidine rings is 1. The second kappa shape index (κ2) is 6.81. The van der Waals surface area contributed by atoms with Crippen LogP contribution >= 0.6 is 11.3 Å². The van der Waals surface area contributed by atoms with E-state index in [-0.39, 0.29) is 24.2 Å². The Morgan fingerprint density at radius 1 is 1.39 bits per heavy atom. The highest BCUT2D eigenvalue weighted by Crippen LogP contribution is 2.32. The molecular formula is C18H20FNO2S. The molecule has 0 saturated carbocycles. The Morgan fingerprint density at radius 2 is 2.13 bits per heavy atom. The lowest BCUT2D eigenvalue weighted by Gasteiger charge is -2.31. The molecule has 1 aliphatic rings. The molecule has 23 heavy (non-hydrogen) atoms. The Labute approximate surface area is 139 Å². The fourth-order valence-electron chi connectivity index (χ4n) is 3.06. The molecule has 1 unspecified atom stereocenters. The van der Waals surface area contributed by atoms with Gasteiger partial charge in [-0.25, -0.2) is 4.39 Å². The second-order valence-electron chi connectivity index (χ2n) is 6.03. The lowest BCUT2D eigenvalue weighted by atomic mass is 9.99. The lowest BCUT2D eigenvalue weighted by molar-refractivity contribution is 0.0625. The molecule has 1 saturated heterocycles. The number of benzene rings is 1. The smallest absolute Gasteiger partial charge is 0.263 e. The van der Waals surface area contributed by atoms with E-state index in [1.807, 2.05) is 17.9 Å². The minimum absolute atomic E-state index is 0.0320. The first kappa shape index (κ1) is 16.1. The Bertz CT molecular complexity index is 696. The van der Waals surface area contributed by atoms with Crippen molar-refractivity contribution in [2.45, 2.75) is 19.8 Å². The average Bonchev–Trinajstić information content (AvgIpc) is 2.97. The normalized spacial score (nSPS) is 18.2. The van der Waals surface area contributed by atoms with E-state index < -0.39 is 0 Å². The first-order valence-corrected chi connectivity index (χ1v) is 8.66. The van der Waals surface area contributed by atoms with Crippen molar-refractivity contribution in [3.8, 4) is 11.1 Å². The van der Waals surface area contributed by atoms with Crippen molar-refractivity contribution < 1.29 is 14.3 Å². The number of halogens is 1. The van der Waals surface area contributed by atoms with Crippen molar-refractivity contribution in [2.75, 3.05) is 19.7 Å². The van der Waals surface area contributed by atoms with E-state index >= 15 is 0 Å². The number of rotatable bonds is 3. The molecule has 2 aromatic rings. The minimum Gasteiger partial charge on any atom is -0.396 e. The van der Waals surface area contributed by atoms with Crippen LogP contribution < -0.4 is 0 Å². The van der Waals surface area contributed by atoms with E-state index in [4.69, 9.17) is 0 Å². The Morgan fingerprint density at radius 3 is 2.83 bits per heavy atom. The number of aliphatic hydroxyl groups is 1. The van der Waals surface area contributed by atoms with Crippen LogP contribution in [0.3, 0.4) is 0 Å². The van der Waals surface area contributed by atoms with Gasteiger partial charge in [-0.3, -0.25) is 4.79 Å². The summed E-state index contributed by atoms with van der Waals surface area (Å²) >= 11 is 1.48. The molecule has 5 heteroatoms. The van der Waals surface area contributed by atoms with Crippen molar-refractivity contribution in [2.24, 2.45) is 5.92 Å². The number of nitrogens with zero attached hydrogens (tertiary/aromatic N) is 1. The Kier molecular flexibility index (Phi) is 4.78. The van der Waals surface area contributed by atoms with Crippen molar-refractivity contribution in [3.63, 3.8) is 0 Å². The number of carbonyl (C=O) groups excluding carboxylic acids is 1. The molecule has 3 nitrogen and oxygen atoms in total. The van der Waals surface area contributed by atoms with E-state index in [0.717, 1.165) is 35.4 Å². The van der Waals surface area contributed by atoms with Gasteiger partial charge in [0.05, 0.1) is 4.88 Å². The molecule has 2 heterocycles. The van der Waals surface area contributed by atoms with Gasteiger partial charge in [-0.2, -0.15) is 0 Å². The zero-order valence-electron chi connectivity index (χ0n) is 13.1. The van der Waals surface area contributed by atoms with E-state index in [9.17, 15) is 14.3 Å². The maximum atomic E-state index is 13.1. The maximum absolute atomic E-state index is 13.1. The Hall–Kier alpha value is -1.72. The number of amides is 1. The minimum atomic E-state index is -0.263. The van der Waals surface area contributed by atoms with Crippen molar-refractivity contribution in [1.82, 2.24) is 4.90 Å². The third kappa shape index (κ3) is 3.46. The third-order valence-corrected chi connectivity index (χ3v) is 5.39. The largest absolute Gasteiger partial charge is 0.396 e. The summed E-state index contributed by atoms with van der Waals surface area (Å²) in [5.41, 5.74) is 1.90. The number of hydrogen-bond acceptors (Lipinski definition) is 3. The molecule has 0 aliphatic carbocycles. The summed E-state index contributed by atoms with van der Waals surface area (Å²) in [5.74, 6) is -0.0452. The summed E-state index contributed by atoms with van der Waals surface area (Å²) in [6, 6.07) is 8.25. The van der Waals surface area contributed by atoms with Crippen LogP contribution in [0, 0.1) is 18.7 Å². The highest BCUT2D eigenvalue weighted by Gasteiger charge is 2.25. The highest BCUT2D eigenvalue weighted by molar-refractivity contribution is 7.14. The molecular weight excluding hydrogens is 313 g/mol. The molecule has 122 valence electrons. The van der Waals surface area contributed by atoms with Gasteiger partial charge in [-0.15, -0.1) is 11.3 Å². The van der Waals surface area contributed by atoms with Gasteiger partial charge in [0.1, 0.15) is 5.82 Å². The molecule has 1 aromatic heterocycles. The monoisotopic (exact) mass is 333 g/mol. The third-order valence-electron chi connectivity index (χ3n) is 4.35. The molecule has 3 rings (SSSR count). The Balaban J connectivity index is 1.82. The summed E-state index contributed by atoms with van der Waals surface area (Å²) in [4.78, 5) is 16.3. The van der Waals surface area contributed by atoms with Gasteiger partial charge in [-0.1, -0.05) is 12.1 Å². The second-order valence-corrected chi connectivity index (χ2v) is 7.29. The van der Waals surface area contributed by atoms with Crippen molar-refractivity contribution in [1.29, 1.82) is 0 Å². The number of carbonyl (C=O) groups is 1. The predicted molar refractivity (Wildman–Crippen MR) is 90.2 cm³/mol. The van der Waals surface area contributed by atoms with E-state index in [2.05, 4.69) is 0 Å². The van der Waals surface area contributed by atoms with Crippen LogP contribution in [0.2, 0.25) is 0 Å².